The fourth-order valence-electron chi connectivity index (χ4n) is 3.20. The molecule has 1 heteroatoms. The van der Waals surface area contributed by atoms with Gasteiger partial charge in [-0.1, -0.05) is 13.3 Å². The Morgan fingerprint density at radius 1 is 1.18 bits per heavy atom. The third kappa shape index (κ3) is 0.868. The Hall–Kier alpha value is -0.0400. The van der Waals surface area contributed by atoms with Crippen molar-refractivity contribution in [1.82, 2.24) is 0 Å². The van der Waals surface area contributed by atoms with Gasteiger partial charge >= 0.3 is 0 Å². The molecule has 1 saturated heterocycles. The SMILES string of the molecule is CC1CCC2CC3OC3C2C1. The minimum Gasteiger partial charge on any atom is -0.369 e. The van der Waals surface area contributed by atoms with Crippen LogP contribution < -0.4 is 0 Å². The Bertz CT molecular complexity index is 178. The molecule has 2 aliphatic carbocycles. The van der Waals surface area contributed by atoms with Crippen LogP contribution in [-0.4, -0.2) is 12.2 Å². The van der Waals surface area contributed by atoms with Crippen LogP contribution in [0.15, 0.2) is 0 Å². The average Bonchev–Trinajstić information content (AvgIpc) is 2.67. The summed E-state index contributed by atoms with van der Waals surface area (Å²) in [5, 5.41) is 0. The molecular formula is C10H16O. The fourth-order valence-corrected chi connectivity index (χ4v) is 3.20. The van der Waals surface area contributed by atoms with Gasteiger partial charge in [-0.3, -0.25) is 0 Å². The lowest BCUT2D eigenvalue weighted by Crippen LogP contribution is -2.23. The van der Waals surface area contributed by atoms with Crippen LogP contribution in [0.2, 0.25) is 0 Å². The third-order valence-electron chi connectivity index (χ3n) is 3.89. The van der Waals surface area contributed by atoms with Crippen LogP contribution in [0.25, 0.3) is 0 Å². The van der Waals surface area contributed by atoms with E-state index in [2.05, 4.69) is 6.92 Å². The second-order valence-electron chi connectivity index (χ2n) is 4.72. The Morgan fingerprint density at radius 3 is 3.00 bits per heavy atom. The third-order valence-corrected chi connectivity index (χ3v) is 3.89. The summed E-state index contributed by atoms with van der Waals surface area (Å²) in [6.45, 7) is 2.39. The molecule has 0 aromatic carbocycles. The van der Waals surface area contributed by atoms with Crippen molar-refractivity contribution in [3.05, 3.63) is 0 Å². The van der Waals surface area contributed by atoms with Crippen molar-refractivity contribution in [3.8, 4) is 0 Å². The molecule has 0 amide bonds. The number of hydrogen-bond acceptors (Lipinski definition) is 1. The van der Waals surface area contributed by atoms with Crippen LogP contribution in [0.3, 0.4) is 0 Å². The van der Waals surface area contributed by atoms with Crippen LogP contribution >= 0.6 is 0 Å². The van der Waals surface area contributed by atoms with Crippen molar-refractivity contribution in [1.29, 1.82) is 0 Å². The van der Waals surface area contributed by atoms with Gasteiger partial charge < -0.3 is 4.74 Å². The maximum absolute atomic E-state index is 5.57. The molecule has 0 aromatic rings. The van der Waals surface area contributed by atoms with Gasteiger partial charge in [0.1, 0.15) is 0 Å². The summed E-state index contributed by atoms with van der Waals surface area (Å²) in [6, 6.07) is 0. The van der Waals surface area contributed by atoms with Gasteiger partial charge in [-0.15, -0.1) is 0 Å². The molecule has 0 aromatic heterocycles. The van der Waals surface area contributed by atoms with E-state index in [9.17, 15) is 0 Å². The summed E-state index contributed by atoms with van der Waals surface area (Å²) in [7, 11) is 0. The van der Waals surface area contributed by atoms with Gasteiger partial charge in [0.05, 0.1) is 12.2 Å². The highest BCUT2D eigenvalue weighted by molar-refractivity contribution is 5.03. The van der Waals surface area contributed by atoms with Crippen LogP contribution in [0, 0.1) is 17.8 Å². The highest BCUT2D eigenvalue weighted by Gasteiger charge is 2.55. The Kier molecular flexibility index (Phi) is 1.18. The zero-order valence-corrected chi connectivity index (χ0v) is 7.12. The Balaban J connectivity index is 1.77. The molecule has 62 valence electrons. The predicted octanol–water partition coefficient (Wildman–Crippen LogP) is 2.21. The second kappa shape index (κ2) is 2.01. The molecular weight excluding hydrogens is 136 g/mol. The number of hydrogen-bond donors (Lipinski definition) is 0. The van der Waals surface area contributed by atoms with Crippen LogP contribution in [0.1, 0.15) is 32.6 Å². The minimum atomic E-state index is 0.704. The van der Waals surface area contributed by atoms with Gasteiger partial charge in [0, 0.05) is 0 Å². The second-order valence-corrected chi connectivity index (χ2v) is 4.72. The molecule has 0 bridgehead atoms. The van der Waals surface area contributed by atoms with Gasteiger partial charge in [0.15, 0.2) is 0 Å². The van der Waals surface area contributed by atoms with E-state index in [1.54, 1.807) is 0 Å². The zero-order valence-electron chi connectivity index (χ0n) is 7.12. The first-order chi connectivity index (χ1) is 5.34. The maximum Gasteiger partial charge on any atom is 0.0872 e. The first kappa shape index (κ1) is 6.47. The van der Waals surface area contributed by atoms with Gasteiger partial charge in [-0.2, -0.15) is 0 Å². The smallest absolute Gasteiger partial charge is 0.0872 e. The first-order valence-corrected chi connectivity index (χ1v) is 5.00. The summed E-state index contributed by atoms with van der Waals surface area (Å²) in [5.74, 6) is 2.98. The topological polar surface area (TPSA) is 12.5 Å². The van der Waals surface area contributed by atoms with Gasteiger partial charge in [0.25, 0.3) is 0 Å². The number of fused-ring (bicyclic) bond motifs is 3. The molecule has 5 unspecified atom stereocenters. The van der Waals surface area contributed by atoms with Crippen molar-refractivity contribution in [2.24, 2.45) is 17.8 Å². The molecule has 1 aliphatic heterocycles. The Labute approximate surface area is 68.1 Å². The van der Waals surface area contributed by atoms with Crippen molar-refractivity contribution in [2.75, 3.05) is 0 Å². The molecule has 11 heavy (non-hydrogen) atoms. The molecule has 1 heterocycles. The number of epoxide rings is 1. The molecule has 2 saturated carbocycles. The van der Waals surface area contributed by atoms with E-state index in [1.807, 2.05) is 0 Å². The molecule has 0 spiro atoms. The molecule has 3 rings (SSSR count). The monoisotopic (exact) mass is 152 g/mol. The van der Waals surface area contributed by atoms with E-state index in [1.165, 1.54) is 25.7 Å². The van der Waals surface area contributed by atoms with Crippen LogP contribution in [0.4, 0.5) is 0 Å². The normalized spacial score (nSPS) is 60.3. The highest BCUT2D eigenvalue weighted by Crippen LogP contribution is 2.53. The van der Waals surface area contributed by atoms with Crippen molar-refractivity contribution >= 4 is 0 Å². The molecule has 3 fully saturated rings. The average molecular weight is 152 g/mol. The first-order valence-electron chi connectivity index (χ1n) is 5.00. The van der Waals surface area contributed by atoms with Gasteiger partial charge in [0.2, 0.25) is 0 Å². The number of ether oxygens (including phenoxy) is 1. The van der Waals surface area contributed by atoms with Crippen LogP contribution in [-0.2, 0) is 4.74 Å². The van der Waals surface area contributed by atoms with E-state index in [0.717, 1.165) is 17.8 Å². The standard InChI is InChI=1S/C10H16O/c1-6-2-3-7-5-9-10(11-9)8(7)4-6/h6-10H,2-5H2,1H3. The van der Waals surface area contributed by atoms with E-state index >= 15 is 0 Å². The van der Waals surface area contributed by atoms with Crippen molar-refractivity contribution < 1.29 is 4.74 Å². The quantitative estimate of drug-likeness (QED) is 0.485. The van der Waals surface area contributed by atoms with E-state index in [0.29, 0.717) is 12.2 Å². The molecule has 1 nitrogen and oxygen atoms in total. The summed E-state index contributed by atoms with van der Waals surface area (Å²) in [5.41, 5.74) is 0. The van der Waals surface area contributed by atoms with E-state index in [4.69, 9.17) is 4.74 Å². The lowest BCUT2D eigenvalue weighted by Gasteiger charge is -2.30. The minimum absolute atomic E-state index is 0.704. The lowest BCUT2D eigenvalue weighted by molar-refractivity contribution is 0.130. The molecule has 5 atom stereocenters. The largest absolute Gasteiger partial charge is 0.369 e. The van der Waals surface area contributed by atoms with Crippen molar-refractivity contribution in [2.45, 2.75) is 44.8 Å². The van der Waals surface area contributed by atoms with Gasteiger partial charge in [-0.25, -0.2) is 0 Å². The number of rotatable bonds is 0. The zero-order chi connectivity index (χ0) is 7.42. The fraction of sp³-hybridized carbons (Fsp3) is 1.00. The Morgan fingerprint density at radius 2 is 2.09 bits per heavy atom. The summed E-state index contributed by atoms with van der Waals surface area (Å²) >= 11 is 0. The summed E-state index contributed by atoms with van der Waals surface area (Å²) in [4.78, 5) is 0. The molecule has 0 N–H and O–H groups in total. The van der Waals surface area contributed by atoms with Crippen molar-refractivity contribution in [3.63, 3.8) is 0 Å². The summed E-state index contributed by atoms with van der Waals surface area (Å²) < 4.78 is 5.57. The highest BCUT2D eigenvalue weighted by atomic mass is 16.6. The summed E-state index contributed by atoms with van der Waals surface area (Å²) in [6.07, 6.45) is 7.22. The molecule has 0 radical (unpaired) electrons. The van der Waals surface area contributed by atoms with E-state index in [-0.39, 0.29) is 0 Å². The van der Waals surface area contributed by atoms with E-state index < -0.39 is 0 Å². The predicted molar refractivity (Wildman–Crippen MR) is 43.3 cm³/mol. The lowest BCUT2D eigenvalue weighted by atomic mass is 9.76. The maximum atomic E-state index is 5.57. The molecule has 3 aliphatic rings. The van der Waals surface area contributed by atoms with Gasteiger partial charge in [-0.05, 0) is 37.0 Å². The van der Waals surface area contributed by atoms with Crippen LogP contribution in [0.5, 0.6) is 0 Å².